The number of morpholine rings is 1. The highest BCUT2D eigenvalue weighted by Gasteiger charge is 2.36. The molecule has 3 aromatic rings. The van der Waals surface area contributed by atoms with Gasteiger partial charge in [-0.05, 0) is 60.2 Å². The standard InChI is InChI=1S/C27H27F3N4O4S/c1-17-21-13-18(14-24-25(35)33(26(36)39-24)8-7-32-9-11-38-12-10-32)3-6-23(21)34(31-17)16-19-4-5-20(37-2)15-22(19)27(28,29)30/h3-6,13-15H,7-12,16H2,1-2H3. The number of hydrogen-bond acceptors (Lipinski definition) is 7. The van der Waals surface area contributed by atoms with E-state index in [1.165, 1.54) is 28.8 Å². The van der Waals surface area contributed by atoms with E-state index in [2.05, 4.69) is 10.00 Å². The molecule has 3 heterocycles. The smallest absolute Gasteiger partial charge is 0.416 e. The Morgan fingerprint density at radius 3 is 2.59 bits per heavy atom. The molecule has 1 aromatic heterocycles. The van der Waals surface area contributed by atoms with Gasteiger partial charge in [0.15, 0.2) is 0 Å². The molecule has 0 spiro atoms. The van der Waals surface area contributed by atoms with Crippen molar-refractivity contribution in [1.82, 2.24) is 19.6 Å². The number of carbonyl (C=O) groups is 2. The average Bonchev–Trinajstić information content (AvgIpc) is 3.36. The first-order chi connectivity index (χ1) is 18.6. The quantitative estimate of drug-likeness (QED) is 0.385. The number of thioether (sulfide) groups is 1. The van der Waals surface area contributed by atoms with E-state index in [4.69, 9.17) is 9.47 Å². The summed E-state index contributed by atoms with van der Waals surface area (Å²) < 4.78 is 53.0. The molecule has 5 rings (SSSR count). The molecule has 2 fully saturated rings. The molecule has 0 unspecified atom stereocenters. The van der Waals surface area contributed by atoms with Crippen LogP contribution in [-0.4, -0.2) is 77.2 Å². The van der Waals surface area contributed by atoms with Crippen molar-refractivity contribution in [2.75, 3.05) is 46.5 Å². The van der Waals surface area contributed by atoms with Crippen LogP contribution >= 0.6 is 11.8 Å². The summed E-state index contributed by atoms with van der Waals surface area (Å²) in [6.07, 6.45) is -2.87. The van der Waals surface area contributed by atoms with Crippen LogP contribution in [0.4, 0.5) is 18.0 Å². The number of nitrogens with zero attached hydrogens (tertiary/aromatic N) is 4. The number of amides is 2. The Labute approximate surface area is 227 Å². The summed E-state index contributed by atoms with van der Waals surface area (Å²) in [6.45, 7) is 5.45. The zero-order valence-corrected chi connectivity index (χ0v) is 22.3. The van der Waals surface area contributed by atoms with Crippen LogP contribution in [0.5, 0.6) is 5.75 Å². The van der Waals surface area contributed by atoms with Gasteiger partial charge in [-0.25, -0.2) is 0 Å². The predicted octanol–water partition coefficient (Wildman–Crippen LogP) is 4.79. The maximum absolute atomic E-state index is 13.7. The predicted molar refractivity (Wildman–Crippen MR) is 142 cm³/mol. The normalized spacial score (nSPS) is 18.1. The SMILES string of the molecule is COc1ccc(Cn2nc(C)c3cc(C=C4SC(=O)N(CCN5CCOCC5)C4=O)ccc32)c(C(F)(F)F)c1. The third-order valence-electron chi connectivity index (χ3n) is 6.82. The van der Waals surface area contributed by atoms with Gasteiger partial charge < -0.3 is 9.47 Å². The molecule has 12 heteroatoms. The van der Waals surface area contributed by atoms with Crippen molar-refractivity contribution in [3.63, 3.8) is 0 Å². The summed E-state index contributed by atoms with van der Waals surface area (Å²) in [4.78, 5) is 29.2. The van der Waals surface area contributed by atoms with Crippen molar-refractivity contribution in [2.45, 2.75) is 19.6 Å². The van der Waals surface area contributed by atoms with E-state index in [-0.39, 0.29) is 29.0 Å². The summed E-state index contributed by atoms with van der Waals surface area (Å²) in [6, 6.07) is 9.23. The lowest BCUT2D eigenvalue weighted by Crippen LogP contribution is -2.42. The molecular formula is C27H27F3N4O4S. The van der Waals surface area contributed by atoms with Gasteiger partial charge in [0.1, 0.15) is 5.75 Å². The number of carbonyl (C=O) groups excluding carboxylic acids is 2. The molecule has 2 aliphatic heterocycles. The molecule has 39 heavy (non-hydrogen) atoms. The fraction of sp³-hybridized carbons (Fsp3) is 0.370. The first-order valence-corrected chi connectivity index (χ1v) is 13.2. The summed E-state index contributed by atoms with van der Waals surface area (Å²) in [5.41, 5.74) is 1.30. The number of fused-ring (bicyclic) bond motifs is 1. The maximum Gasteiger partial charge on any atom is 0.416 e. The number of aromatic nitrogens is 2. The fourth-order valence-corrected chi connectivity index (χ4v) is 5.59. The number of imide groups is 1. The topological polar surface area (TPSA) is 76.9 Å². The van der Waals surface area contributed by atoms with E-state index in [0.717, 1.165) is 36.3 Å². The lowest BCUT2D eigenvalue weighted by atomic mass is 10.1. The highest BCUT2D eigenvalue weighted by atomic mass is 32.2. The third-order valence-corrected chi connectivity index (χ3v) is 7.72. The van der Waals surface area contributed by atoms with Gasteiger partial charge in [0.25, 0.3) is 11.1 Å². The minimum Gasteiger partial charge on any atom is -0.497 e. The van der Waals surface area contributed by atoms with Crippen molar-refractivity contribution >= 4 is 39.9 Å². The van der Waals surface area contributed by atoms with Crippen molar-refractivity contribution in [1.29, 1.82) is 0 Å². The molecule has 2 aromatic carbocycles. The largest absolute Gasteiger partial charge is 0.497 e. The minimum absolute atomic E-state index is 0.0718. The van der Waals surface area contributed by atoms with Gasteiger partial charge >= 0.3 is 6.18 Å². The molecule has 0 bridgehead atoms. The van der Waals surface area contributed by atoms with Gasteiger partial charge in [0.05, 0.1) is 48.5 Å². The average molecular weight is 561 g/mol. The van der Waals surface area contributed by atoms with Gasteiger partial charge in [0.2, 0.25) is 0 Å². The molecule has 0 saturated carbocycles. The highest BCUT2D eigenvalue weighted by Crippen LogP contribution is 2.36. The molecule has 2 saturated heterocycles. The number of rotatable bonds is 7. The van der Waals surface area contributed by atoms with Crippen molar-refractivity contribution in [3.05, 3.63) is 63.7 Å². The number of aryl methyl sites for hydroxylation is 1. The highest BCUT2D eigenvalue weighted by molar-refractivity contribution is 8.18. The maximum atomic E-state index is 13.7. The minimum atomic E-state index is -4.54. The molecule has 0 atom stereocenters. The van der Waals surface area contributed by atoms with Crippen LogP contribution in [0.25, 0.3) is 17.0 Å². The zero-order valence-electron chi connectivity index (χ0n) is 21.5. The number of halogens is 3. The number of methoxy groups -OCH3 is 1. The van der Waals surface area contributed by atoms with Crippen LogP contribution in [0.15, 0.2) is 41.3 Å². The molecule has 2 aliphatic rings. The van der Waals surface area contributed by atoms with Crippen LogP contribution in [0.2, 0.25) is 0 Å². The van der Waals surface area contributed by atoms with E-state index in [1.54, 1.807) is 25.1 Å². The number of hydrogen-bond donors (Lipinski definition) is 0. The molecule has 0 N–H and O–H groups in total. The molecule has 0 aliphatic carbocycles. The Kier molecular flexibility index (Phi) is 7.70. The summed E-state index contributed by atoms with van der Waals surface area (Å²) in [5.74, 6) is -0.201. The molecule has 0 radical (unpaired) electrons. The van der Waals surface area contributed by atoms with E-state index in [0.29, 0.717) is 48.0 Å². The summed E-state index contributed by atoms with van der Waals surface area (Å²) in [5, 5.41) is 4.93. The van der Waals surface area contributed by atoms with Crippen LogP contribution in [0.1, 0.15) is 22.4 Å². The van der Waals surface area contributed by atoms with Gasteiger partial charge in [0, 0.05) is 31.6 Å². The molecule has 8 nitrogen and oxygen atoms in total. The first-order valence-electron chi connectivity index (χ1n) is 12.4. The second-order valence-electron chi connectivity index (χ2n) is 9.33. The Hall–Kier alpha value is -3.35. The van der Waals surface area contributed by atoms with Crippen LogP contribution in [-0.2, 0) is 22.3 Å². The molecule has 2 amide bonds. The van der Waals surface area contributed by atoms with Crippen molar-refractivity contribution in [3.8, 4) is 5.75 Å². The lowest BCUT2D eigenvalue weighted by Gasteiger charge is -2.27. The van der Waals surface area contributed by atoms with E-state index in [1.807, 2.05) is 6.07 Å². The Morgan fingerprint density at radius 2 is 1.87 bits per heavy atom. The van der Waals surface area contributed by atoms with Gasteiger partial charge in [-0.15, -0.1) is 0 Å². The van der Waals surface area contributed by atoms with Crippen molar-refractivity contribution < 1.29 is 32.2 Å². The van der Waals surface area contributed by atoms with E-state index in [9.17, 15) is 22.8 Å². The zero-order chi connectivity index (χ0) is 27.7. The van der Waals surface area contributed by atoms with Gasteiger partial charge in [-0.2, -0.15) is 18.3 Å². The fourth-order valence-electron chi connectivity index (χ4n) is 4.72. The summed E-state index contributed by atoms with van der Waals surface area (Å²) >= 11 is 0.904. The van der Waals surface area contributed by atoms with E-state index < -0.39 is 11.7 Å². The Morgan fingerprint density at radius 1 is 1.10 bits per heavy atom. The Bertz CT molecular complexity index is 1450. The lowest BCUT2D eigenvalue weighted by molar-refractivity contribution is -0.138. The van der Waals surface area contributed by atoms with Crippen LogP contribution < -0.4 is 4.74 Å². The molecular weight excluding hydrogens is 533 g/mol. The number of ether oxygens (including phenoxy) is 2. The Balaban J connectivity index is 1.36. The van der Waals surface area contributed by atoms with Gasteiger partial charge in [-0.3, -0.25) is 24.1 Å². The number of benzene rings is 2. The monoisotopic (exact) mass is 560 g/mol. The second kappa shape index (κ2) is 11.0. The molecule has 206 valence electrons. The first kappa shape index (κ1) is 27.2. The van der Waals surface area contributed by atoms with Crippen LogP contribution in [0.3, 0.4) is 0 Å². The second-order valence-corrected chi connectivity index (χ2v) is 10.3. The summed E-state index contributed by atoms with van der Waals surface area (Å²) in [7, 11) is 1.32. The van der Waals surface area contributed by atoms with E-state index >= 15 is 0 Å². The van der Waals surface area contributed by atoms with Gasteiger partial charge in [-0.1, -0.05) is 12.1 Å². The third kappa shape index (κ3) is 5.82. The van der Waals surface area contributed by atoms with Crippen LogP contribution in [0, 0.1) is 6.92 Å². The van der Waals surface area contributed by atoms with Crippen molar-refractivity contribution in [2.24, 2.45) is 0 Å². The number of alkyl halides is 3.